The smallest absolute Gasteiger partial charge is 0.177 e. The number of aryl methyl sites for hydroxylation is 1. The summed E-state index contributed by atoms with van der Waals surface area (Å²) in [4.78, 5) is 2.19. The highest BCUT2D eigenvalue weighted by Crippen LogP contribution is 2.43. The van der Waals surface area contributed by atoms with Crippen molar-refractivity contribution in [3.8, 4) is 11.8 Å². The summed E-state index contributed by atoms with van der Waals surface area (Å²) in [5.74, 6) is 2.56. The number of rotatable bonds is 5. The van der Waals surface area contributed by atoms with E-state index in [0.717, 1.165) is 60.2 Å². The van der Waals surface area contributed by atoms with Gasteiger partial charge < -0.3 is 14.2 Å². The van der Waals surface area contributed by atoms with E-state index in [4.69, 9.17) is 4.74 Å². The highest BCUT2D eigenvalue weighted by Gasteiger charge is 2.28. The van der Waals surface area contributed by atoms with Crippen molar-refractivity contribution in [3.05, 3.63) is 51.9 Å². The van der Waals surface area contributed by atoms with Crippen LogP contribution < -0.4 is 4.74 Å². The van der Waals surface area contributed by atoms with E-state index >= 15 is 0 Å². The van der Waals surface area contributed by atoms with Crippen molar-refractivity contribution in [3.63, 3.8) is 0 Å². The fourth-order valence-electron chi connectivity index (χ4n) is 3.83. The zero-order valence-corrected chi connectivity index (χ0v) is 19.8. The number of nitriles is 1. The molecule has 4 rings (SSSR count). The quantitative estimate of drug-likeness (QED) is 0.537. The van der Waals surface area contributed by atoms with Crippen LogP contribution in [0.3, 0.4) is 0 Å². The van der Waals surface area contributed by atoms with Crippen LogP contribution in [0.2, 0.25) is 0 Å². The number of hydrogen-bond donors (Lipinski definition) is 0. The van der Waals surface area contributed by atoms with E-state index in [9.17, 15) is 5.26 Å². The number of halogens is 1. The van der Waals surface area contributed by atoms with E-state index in [1.807, 2.05) is 19.1 Å². The minimum atomic E-state index is 0. The van der Waals surface area contributed by atoms with E-state index in [0.29, 0.717) is 18.0 Å². The molecule has 0 amide bonds. The summed E-state index contributed by atoms with van der Waals surface area (Å²) in [5, 5.41) is 21.9. The molecule has 0 unspecified atom stereocenters. The summed E-state index contributed by atoms with van der Waals surface area (Å²) in [6.45, 7) is 6.39. The number of hydrogen-bond acceptors (Lipinski definition) is 6. The molecule has 0 spiro atoms. The molecular formula is C22H26BrN5OS. The number of nitrogens with zero attached hydrogens (tertiary/aromatic N) is 5. The van der Waals surface area contributed by atoms with Gasteiger partial charge in [-0.3, -0.25) is 0 Å². The molecule has 3 heterocycles. The number of benzene rings is 1. The molecule has 0 saturated heterocycles. The summed E-state index contributed by atoms with van der Waals surface area (Å²) in [7, 11) is 0. The van der Waals surface area contributed by atoms with Gasteiger partial charge in [-0.2, -0.15) is 5.26 Å². The van der Waals surface area contributed by atoms with Gasteiger partial charge in [0, 0.05) is 24.9 Å². The van der Waals surface area contributed by atoms with Crippen LogP contribution in [-0.4, -0.2) is 32.8 Å². The molecular weight excluding hydrogens is 462 g/mol. The van der Waals surface area contributed by atoms with Crippen molar-refractivity contribution in [2.75, 3.05) is 13.2 Å². The summed E-state index contributed by atoms with van der Waals surface area (Å²) >= 11 is 1.59. The second-order valence-corrected chi connectivity index (χ2v) is 7.87. The van der Waals surface area contributed by atoms with E-state index in [1.54, 1.807) is 11.8 Å². The van der Waals surface area contributed by atoms with Crippen molar-refractivity contribution >= 4 is 40.0 Å². The first-order valence-corrected chi connectivity index (χ1v) is 11.1. The lowest BCUT2D eigenvalue weighted by Gasteiger charge is -2.23. The molecule has 1 aromatic heterocycles. The second kappa shape index (κ2) is 10.2. The third-order valence-corrected chi connectivity index (χ3v) is 6.24. The highest BCUT2D eigenvalue weighted by atomic mass is 79.9. The van der Waals surface area contributed by atoms with Gasteiger partial charge in [-0.1, -0.05) is 18.2 Å². The lowest BCUT2D eigenvalue weighted by atomic mass is 10.1. The minimum Gasteiger partial charge on any atom is -0.494 e. The average molecular weight is 488 g/mol. The van der Waals surface area contributed by atoms with Gasteiger partial charge in [0.05, 0.1) is 12.3 Å². The van der Waals surface area contributed by atoms with Gasteiger partial charge in [0.15, 0.2) is 5.82 Å². The van der Waals surface area contributed by atoms with Gasteiger partial charge in [-0.05, 0) is 56.5 Å². The molecule has 0 N–H and O–H groups in total. The number of thioether (sulfide) groups is 1. The molecule has 0 bridgehead atoms. The Morgan fingerprint density at radius 2 is 1.97 bits per heavy atom. The normalized spacial score (nSPS) is 17.4. The van der Waals surface area contributed by atoms with Gasteiger partial charge in [0.25, 0.3) is 0 Å². The molecule has 2 aliphatic rings. The fraction of sp³-hybridized carbons (Fsp3) is 0.409. The largest absolute Gasteiger partial charge is 0.494 e. The van der Waals surface area contributed by atoms with Crippen molar-refractivity contribution in [2.45, 2.75) is 46.1 Å². The molecule has 30 heavy (non-hydrogen) atoms. The molecule has 2 aromatic rings. The molecule has 1 aromatic carbocycles. The van der Waals surface area contributed by atoms with E-state index in [-0.39, 0.29) is 17.0 Å². The summed E-state index contributed by atoms with van der Waals surface area (Å²) in [5.41, 5.74) is 2.81. The minimum absolute atomic E-state index is 0. The Hall–Kier alpha value is -2.24. The van der Waals surface area contributed by atoms with Crippen LogP contribution in [-0.2, 0) is 13.0 Å². The van der Waals surface area contributed by atoms with Crippen molar-refractivity contribution in [1.82, 2.24) is 19.7 Å². The van der Waals surface area contributed by atoms with Crippen molar-refractivity contribution in [2.24, 2.45) is 0 Å². The highest BCUT2D eigenvalue weighted by molar-refractivity contribution is 8.93. The zero-order valence-electron chi connectivity index (χ0n) is 17.3. The van der Waals surface area contributed by atoms with Crippen LogP contribution in [0.4, 0.5) is 0 Å². The topological polar surface area (TPSA) is 67.0 Å². The molecule has 0 fully saturated rings. The lowest BCUT2D eigenvalue weighted by Crippen LogP contribution is -2.18. The second-order valence-electron chi connectivity index (χ2n) is 7.02. The summed E-state index contributed by atoms with van der Waals surface area (Å²) in [6.07, 6.45) is 4.37. The van der Waals surface area contributed by atoms with Crippen LogP contribution in [0, 0.1) is 11.3 Å². The molecule has 0 atom stereocenters. The maximum atomic E-state index is 10.0. The van der Waals surface area contributed by atoms with Crippen molar-refractivity contribution < 1.29 is 4.74 Å². The molecule has 0 saturated carbocycles. The Balaban J connectivity index is 0.00000256. The summed E-state index contributed by atoms with van der Waals surface area (Å²) in [6, 6.07) is 10.5. The van der Waals surface area contributed by atoms with Gasteiger partial charge in [-0.25, -0.2) is 0 Å². The Labute approximate surface area is 192 Å². The lowest BCUT2D eigenvalue weighted by molar-refractivity contribution is 0.340. The Morgan fingerprint density at radius 3 is 2.67 bits per heavy atom. The predicted molar refractivity (Wildman–Crippen MR) is 126 cm³/mol. The van der Waals surface area contributed by atoms with Gasteiger partial charge >= 0.3 is 0 Å². The maximum Gasteiger partial charge on any atom is 0.177 e. The van der Waals surface area contributed by atoms with Crippen LogP contribution in [0.25, 0.3) is 11.3 Å². The van der Waals surface area contributed by atoms with Crippen LogP contribution in [0.15, 0.2) is 34.7 Å². The first-order valence-electron chi connectivity index (χ1n) is 10.2. The van der Waals surface area contributed by atoms with E-state index in [1.165, 1.54) is 6.42 Å². The summed E-state index contributed by atoms with van der Waals surface area (Å²) < 4.78 is 7.70. The molecule has 8 heteroatoms. The number of ether oxygens (including phenoxy) is 1. The van der Waals surface area contributed by atoms with Gasteiger partial charge in [0.1, 0.15) is 28.2 Å². The number of fused-ring (bicyclic) bond motifs is 1. The fourth-order valence-corrected chi connectivity index (χ4v) is 4.93. The Kier molecular flexibility index (Phi) is 7.62. The Morgan fingerprint density at radius 1 is 1.17 bits per heavy atom. The third-order valence-electron chi connectivity index (χ3n) is 5.25. The molecule has 158 valence electrons. The standard InChI is InChI=1S/C22H25N5OS.BrH/c1-3-26-19(16-9-11-17(12-10-16)28-4-2)15-29-22(26)18(14-23)21-25-24-20-8-6-5-7-13-27(20)21;/h9-12,15H,3-8,13H2,1-2H3;1H/b22-18-;. The number of allylic oxidation sites excluding steroid dienone is 1. The SMILES string of the molecule is Br.CCOc1ccc(C2=CS/C(=C(/C#N)c3nnc4n3CCCCC4)N2CC)cc1. The van der Waals surface area contributed by atoms with E-state index < -0.39 is 0 Å². The first kappa shape index (κ1) is 22.4. The number of aromatic nitrogens is 3. The molecule has 2 aliphatic heterocycles. The Bertz CT molecular complexity index is 990. The van der Waals surface area contributed by atoms with Crippen molar-refractivity contribution in [1.29, 1.82) is 5.26 Å². The molecule has 0 aliphatic carbocycles. The predicted octanol–water partition coefficient (Wildman–Crippen LogP) is 5.24. The third kappa shape index (κ3) is 4.28. The first-order chi connectivity index (χ1) is 14.3. The van der Waals surface area contributed by atoms with Gasteiger partial charge in [-0.15, -0.1) is 27.2 Å². The van der Waals surface area contributed by atoms with E-state index in [2.05, 4.69) is 50.2 Å². The van der Waals surface area contributed by atoms with Gasteiger partial charge in [0.2, 0.25) is 0 Å². The monoisotopic (exact) mass is 487 g/mol. The zero-order chi connectivity index (χ0) is 20.2. The van der Waals surface area contributed by atoms with Crippen LogP contribution in [0.5, 0.6) is 5.75 Å². The maximum absolute atomic E-state index is 10.0. The van der Waals surface area contributed by atoms with Crippen LogP contribution >= 0.6 is 28.7 Å². The average Bonchev–Trinajstić information content (AvgIpc) is 3.27. The molecule has 0 radical (unpaired) electrons. The molecule has 6 nitrogen and oxygen atoms in total. The van der Waals surface area contributed by atoms with Crippen LogP contribution in [0.1, 0.15) is 50.3 Å².